The topological polar surface area (TPSA) is 45.0 Å². The molecule has 3 aromatic rings. The van der Waals surface area contributed by atoms with E-state index >= 15 is 0 Å². The largest absolute Gasteiger partial charge is 0.506 e. The van der Waals surface area contributed by atoms with Crippen LogP contribution in [-0.2, 0) is 0 Å². The molecular weight excluding hydrogens is 444 g/mol. The Morgan fingerprint density at radius 1 is 0.800 bits per heavy atom. The maximum absolute atomic E-state index is 9.78. The number of halogens is 2. The number of aromatic hydroxyl groups is 1. The van der Waals surface area contributed by atoms with Crippen molar-refractivity contribution in [1.29, 1.82) is 0 Å². The van der Waals surface area contributed by atoms with Crippen LogP contribution in [0, 0.1) is 0 Å². The molecule has 0 aliphatic heterocycles. The smallest absolute Gasteiger partial charge is 0.143 e. The van der Waals surface area contributed by atoms with Gasteiger partial charge in [0.2, 0.25) is 0 Å². The summed E-state index contributed by atoms with van der Waals surface area (Å²) in [5.41, 5.74) is 3.62. The van der Waals surface area contributed by atoms with E-state index in [2.05, 4.69) is 42.1 Å². The van der Waals surface area contributed by atoms with Crippen molar-refractivity contribution >= 4 is 43.8 Å². The normalized spacial score (nSPS) is 10.8. The molecule has 3 nitrogen and oxygen atoms in total. The molecule has 3 aromatic carbocycles. The summed E-state index contributed by atoms with van der Waals surface area (Å²) < 4.78 is 1.19. The lowest BCUT2D eigenvalue weighted by molar-refractivity contribution is 0.468. The van der Waals surface area contributed by atoms with Crippen molar-refractivity contribution < 1.29 is 5.11 Å². The Morgan fingerprint density at radius 2 is 1.28 bits per heavy atom. The van der Waals surface area contributed by atoms with E-state index in [1.807, 2.05) is 60.7 Å². The number of phenols is 1. The molecule has 0 spiro atoms. The summed E-state index contributed by atoms with van der Waals surface area (Å²) >= 11 is 6.63. The van der Waals surface area contributed by atoms with Crippen molar-refractivity contribution in [3.8, 4) is 5.75 Å². The SMILES string of the molecule is Oc1c(Br)cc(/C=N/N=C(c2ccccc2)c2ccccc2)cc1Br. The Balaban J connectivity index is 1.97. The third kappa shape index (κ3) is 4.44. The van der Waals surface area contributed by atoms with Gasteiger partial charge in [-0.05, 0) is 49.6 Å². The van der Waals surface area contributed by atoms with Crippen LogP contribution in [-0.4, -0.2) is 17.0 Å². The summed E-state index contributed by atoms with van der Waals surface area (Å²) in [4.78, 5) is 0. The minimum absolute atomic E-state index is 0.162. The number of rotatable bonds is 4. The van der Waals surface area contributed by atoms with E-state index in [0.717, 1.165) is 22.4 Å². The van der Waals surface area contributed by atoms with Crippen LogP contribution in [0.1, 0.15) is 16.7 Å². The summed E-state index contributed by atoms with van der Waals surface area (Å²) in [7, 11) is 0. The van der Waals surface area contributed by atoms with Gasteiger partial charge in [-0.2, -0.15) is 5.10 Å². The number of benzene rings is 3. The molecule has 0 amide bonds. The number of hydrogen-bond donors (Lipinski definition) is 1. The van der Waals surface area contributed by atoms with Crippen molar-refractivity contribution in [2.24, 2.45) is 10.2 Å². The Labute approximate surface area is 163 Å². The van der Waals surface area contributed by atoms with Gasteiger partial charge in [-0.15, -0.1) is 5.10 Å². The van der Waals surface area contributed by atoms with E-state index < -0.39 is 0 Å². The van der Waals surface area contributed by atoms with E-state index in [-0.39, 0.29) is 5.75 Å². The molecule has 0 unspecified atom stereocenters. The molecule has 0 saturated carbocycles. The summed E-state index contributed by atoms with van der Waals surface area (Å²) in [6.07, 6.45) is 1.65. The lowest BCUT2D eigenvalue weighted by Gasteiger charge is -2.05. The fourth-order valence-corrected chi connectivity index (χ4v) is 3.51. The zero-order valence-electron chi connectivity index (χ0n) is 13.1. The summed E-state index contributed by atoms with van der Waals surface area (Å²) in [6.45, 7) is 0. The molecule has 0 atom stereocenters. The minimum atomic E-state index is 0.162. The summed E-state index contributed by atoms with van der Waals surface area (Å²) in [5.74, 6) is 0.162. The Morgan fingerprint density at radius 3 is 1.76 bits per heavy atom. The maximum atomic E-state index is 9.78. The maximum Gasteiger partial charge on any atom is 0.143 e. The third-order valence-corrected chi connectivity index (χ3v) is 4.71. The Kier molecular flexibility index (Phi) is 5.79. The lowest BCUT2D eigenvalue weighted by Crippen LogP contribution is -2.02. The average molecular weight is 458 g/mol. The predicted molar refractivity (Wildman–Crippen MR) is 110 cm³/mol. The second-order valence-corrected chi connectivity index (χ2v) is 6.97. The highest BCUT2D eigenvalue weighted by atomic mass is 79.9. The minimum Gasteiger partial charge on any atom is -0.506 e. The molecular formula is C20H14Br2N2O. The lowest BCUT2D eigenvalue weighted by atomic mass is 10.0. The molecule has 0 aliphatic rings. The zero-order chi connectivity index (χ0) is 17.6. The van der Waals surface area contributed by atoms with Crippen LogP contribution in [0.15, 0.2) is 91.9 Å². The first-order valence-corrected chi connectivity index (χ1v) is 9.13. The van der Waals surface area contributed by atoms with E-state index in [1.54, 1.807) is 18.3 Å². The molecule has 3 rings (SSSR count). The fourth-order valence-electron chi connectivity index (χ4n) is 2.29. The van der Waals surface area contributed by atoms with Crippen LogP contribution < -0.4 is 0 Å². The van der Waals surface area contributed by atoms with Gasteiger partial charge in [0.15, 0.2) is 0 Å². The van der Waals surface area contributed by atoms with Gasteiger partial charge in [0.25, 0.3) is 0 Å². The molecule has 124 valence electrons. The van der Waals surface area contributed by atoms with Gasteiger partial charge in [0.1, 0.15) is 11.5 Å². The Hall–Kier alpha value is -2.24. The molecule has 0 bridgehead atoms. The van der Waals surface area contributed by atoms with Gasteiger partial charge in [-0.1, -0.05) is 60.7 Å². The molecule has 5 heteroatoms. The molecule has 0 fully saturated rings. The zero-order valence-corrected chi connectivity index (χ0v) is 16.3. The first-order valence-electron chi connectivity index (χ1n) is 7.55. The van der Waals surface area contributed by atoms with Gasteiger partial charge >= 0.3 is 0 Å². The molecule has 1 N–H and O–H groups in total. The monoisotopic (exact) mass is 456 g/mol. The summed E-state index contributed by atoms with van der Waals surface area (Å²) in [5, 5.41) is 18.5. The van der Waals surface area contributed by atoms with Crippen LogP contribution in [0.4, 0.5) is 0 Å². The average Bonchev–Trinajstić information content (AvgIpc) is 2.64. The van der Waals surface area contributed by atoms with Gasteiger partial charge in [0.05, 0.1) is 15.2 Å². The number of hydrogen-bond acceptors (Lipinski definition) is 3. The molecule has 0 heterocycles. The van der Waals surface area contributed by atoms with E-state index in [1.165, 1.54) is 0 Å². The fraction of sp³-hybridized carbons (Fsp3) is 0. The highest BCUT2D eigenvalue weighted by molar-refractivity contribution is 9.11. The molecule has 25 heavy (non-hydrogen) atoms. The summed E-state index contributed by atoms with van der Waals surface area (Å²) in [6, 6.07) is 23.5. The van der Waals surface area contributed by atoms with Crippen LogP contribution in [0.5, 0.6) is 5.75 Å². The standard InChI is InChI=1S/C20H14Br2N2O/c21-17-11-14(12-18(22)20(17)25)13-23-24-19(15-7-3-1-4-8-15)16-9-5-2-6-10-16/h1-13,25H/b23-13+. The molecule has 0 aliphatic carbocycles. The second kappa shape index (κ2) is 8.23. The van der Waals surface area contributed by atoms with Crippen LogP contribution in [0.25, 0.3) is 0 Å². The van der Waals surface area contributed by atoms with E-state index in [0.29, 0.717) is 8.95 Å². The third-order valence-electron chi connectivity index (χ3n) is 3.50. The second-order valence-electron chi connectivity index (χ2n) is 5.26. The van der Waals surface area contributed by atoms with E-state index in [4.69, 9.17) is 0 Å². The van der Waals surface area contributed by atoms with Crippen LogP contribution in [0.3, 0.4) is 0 Å². The highest BCUT2D eigenvalue weighted by Crippen LogP contribution is 2.32. The predicted octanol–water partition coefficient (Wildman–Crippen LogP) is 5.79. The first kappa shape index (κ1) is 17.6. The van der Waals surface area contributed by atoms with Crippen LogP contribution >= 0.6 is 31.9 Å². The van der Waals surface area contributed by atoms with Crippen molar-refractivity contribution in [2.45, 2.75) is 0 Å². The van der Waals surface area contributed by atoms with Crippen molar-refractivity contribution in [3.63, 3.8) is 0 Å². The number of phenolic OH excluding ortho intramolecular Hbond substituents is 1. The van der Waals surface area contributed by atoms with Crippen LogP contribution in [0.2, 0.25) is 0 Å². The van der Waals surface area contributed by atoms with Gasteiger partial charge in [-0.3, -0.25) is 0 Å². The molecule has 0 saturated heterocycles. The number of nitrogens with zero attached hydrogens (tertiary/aromatic N) is 2. The van der Waals surface area contributed by atoms with E-state index in [9.17, 15) is 5.11 Å². The first-order chi connectivity index (χ1) is 12.1. The molecule has 0 radical (unpaired) electrons. The molecule has 0 aromatic heterocycles. The van der Waals surface area contributed by atoms with Gasteiger partial charge < -0.3 is 5.11 Å². The van der Waals surface area contributed by atoms with Crippen molar-refractivity contribution in [2.75, 3.05) is 0 Å². The quantitative estimate of drug-likeness (QED) is 0.391. The van der Waals surface area contributed by atoms with Crippen molar-refractivity contribution in [1.82, 2.24) is 0 Å². The van der Waals surface area contributed by atoms with Crippen molar-refractivity contribution in [3.05, 3.63) is 98.4 Å². The Bertz CT molecular complexity index is 858. The van der Waals surface area contributed by atoms with Gasteiger partial charge in [-0.25, -0.2) is 0 Å². The van der Waals surface area contributed by atoms with Gasteiger partial charge in [0, 0.05) is 11.1 Å². The highest BCUT2D eigenvalue weighted by Gasteiger charge is 2.06.